The Morgan fingerprint density at radius 1 is 1.33 bits per heavy atom. The van der Waals surface area contributed by atoms with E-state index in [0.717, 1.165) is 30.4 Å². The molecule has 0 amide bonds. The van der Waals surface area contributed by atoms with E-state index in [2.05, 4.69) is 9.97 Å². The van der Waals surface area contributed by atoms with E-state index in [0.29, 0.717) is 18.4 Å². The smallest absolute Gasteiger partial charge is 0.319 e. The van der Waals surface area contributed by atoms with E-state index in [-0.39, 0.29) is 6.10 Å². The minimum absolute atomic E-state index is 0.154. The first-order valence-corrected chi connectivity index (χ1v) is 6.09. The Balaban J connectivity index is 1.79. The van der Waals surface area contributed by atoms with Crippen molar-refractivity contribution in [1.29, 1.82) is 0 Å². The van der Waals surface area contributed by atoms with Crippen molar-refractivity contribution < 1.29 is 9.47 Å². The molecule has 2 aromatic rings. The maximum absolute atomic E-state index is 5.88. The summed E-state index contributed by atoms with van der Waals surface area (Å²) in [6.07, 6.45) is 2.28. The number of nitrogens with two attached hydrogens (primary N) is 1. The van der Waals surface area contributed by atoms with Gasteiger partial charge in [-0.3, -0.25) is 0 Å². The number of benzene rings is 1. The number of nitrogens with zero attached hydrogens (tertiary/aromatic N) is 2. The van der Waals surface area contributed by atoms with Gasteiger partial charge in [-0.15, -0.1) is 0 Å². The van der Waals surface area contributed by atoms with Gasteiger partial charge >= 0.3 is 6.01 Å². The number of anilines is 1. The van der Waals surface area contributed by atoms with Gasteiger partial charge in [-0.25, -0.2) is 0 Å². The molecule has 5 nitrogen and oxygen atoms in total. The van der Waals surface area contributed by atoms with Crippen LogP contribution in [0.4, 0.5) is 5.82 Å². The molecular formula is C13H15N3O2. The largest absolute Gasteiger partial charge is 0.461 e. The molecule has 18 heavy (non-hydrogen) atoms. The number of hydrogen-bond donors (Lipinski definition) is 1. The molecule has 1 fully saturated rings. The van der Waals surface area contributed by atoms with Crippen molar-refractivity contribution in [3.05, 3.63) is 24.3 Å². The van der Waals surface area contributed by atoms with Crippen LogP contribution in [0.5, 0.6) is 6.01 Å². The second-order valence-electron chi connectivity index (χ2n) is 4.35. The average Bonchev–Trinajstić information content (AvgIpc) is 2.90. The van der Waals surface area contributed by atoms with Gasteiger partial charge in [0.1, 0.15) is 12.4 Å². The van der Waals surface area contributed by atoms with Crippen molar-refractivity contribution in [3.8, 4) is 6.01 Å². The molecule has 2 heterocycles. The third-order valence-corrected chi connectivity index (χ3v) is 3.03. The SMILES string of the molecule is Nc1nc(OC[C@@H]2CCCO2)nc2ccccc12. The third-order valence-electron chi connectivity index (χ3n) is 3.03. The summed E-state index contributed by atoms with van der Waals surface area (Å²) in [6, 6.07) is 7.94. The summed E-state index contributed by atoms with van der Waals surface area (Å²) in [6.45, 7) is 1.30. The lowest BCUT2D eigenvalue weighted by molar-refractivity contribution is 0.0647. The molecule has 0 saturated carbocycles. The fourth-order valence-corrected chi connectivity index (χ4v) is 2.09. The maximum Gasteiger partial charge on any atom is 0.319 e. The Morgan fingerprint density at radius 2 is 2.22 bits per heavy atom. The van der Waals surface area contributed by atoms with Gasteiger partial charge < -0.3 is 15.2 Å². The first-order chi connectivity index (χ1) is 8.83. The molecule has 2 N–H and O–H groups in total. The van der Waals surface area contributed by atoms with Crippen molar-refractivity contribution in [2.24, 2.45) is 0 Å². The van der Waals surface area contributed by atoms with Gasteiger partial charge in [0.05, 0.1) is 11.6 Å². The van der Waals surface area contributed by atoms with Crippen LogP contribution in [0.1, 0.15) is 12.8 Å². The highest BCUT2D eigenvalue weighted by Gasteiger charge is 2.17. The van der Waals surface area contributed by atoms with Crippen LogP contribution in [0.25, 0.3) is 10.9 Å². The number of nitrogen functional groups attached to an aromatic ring is 1. The summed E-state index contributed by atoms with van der Waals surface area (Å²) in [4.78, 5) is 8.48. The summed E-state index contributed by atoms with van der Waals surface area (Å²) in [5, 5.41) is 0.849. The Labute approximate surface area is 105 Å². The topological polar surface area (TPSA) is 70.3 Å². The van der Waals surface area contributed by atoms with E-state index in [9.17, 15) is 0 Å². The third kappa shape index (κ3) is 2.22. The van der Waals surface area contributed by atoms with Gasteiger partial charge in [0, 0.05) is 12.0 Å². The first-order valence-electron chi connectivity index (χ1n) is 6.09. The Morgan fingerprint density at radius 3 is 3.06 bits per heavy atom. The minimum atomic E-state index is 0.154. The van der Waals surface area contributed by atoms with E-state index in [4.69, 9.17) is 15.2 Å². The predicted octanol–water partition coefficient (Wildman–Crippen LogP) is 1.77. The average molecular weight is 245 g/mol. The maximum atomic E-state index is 5.88. The van der Waals surface area contributed by atoms with Crippen LogP contribution in [0.15, 0.2) is 24.3 Å². The van der Waals surface area contributed by atoms with Crippen LogP contribution in [-0.4, -0.2) is 29.3 Å². The molecule has 0 bridgehead atoms. The van der Waals surface area contributed by atoms with Gasteiger partial charge in [0.25, 0.3) is 0 Å². The Hall–Kier alpha value is -1.88. The lowest BCUT2D eigenvalue weighted by atomic mass is 10.2. The quantitative estimate of drug-likeness (QED) is 0.892. The van der Waals surface area contributed by atoms with Gasteiger partial charge in [0.2, 0.25) is 0 Å². The molecular weight excluding hydrogens is 230 g/mol. The molecule has 1 aliphatic heterocycles. The van der Waals surface area contributed by atoms with Crippen molar-refractivity contribution >= 4 is 16.7 Å². The molecule has 1 aromatic carbocycles. The highest BCUT2D eigenvalue weighted by Crippen LogP contribution is 2.20. The number of hydrogen-bond acceptors (Lipinski definition) is 5. The van der Waals surface area contributed by atoms with Crippen molar-refractivity contribution in [2.45, 2.75) is 18.9 Å². The molecule has 1 saturated heterocycles. The number of aromatic nitrogens is 2. The van der Waals surface area contributed by atoms with Crippen LogP contribution in [0.2, 0.25) is 0 Å². The zero-order valence-corrected chi connectivity index (χ0v) is 10.0. The van der Waals surface area contributed by atoms with Crippen molar-refractivity contribution in [3.63, 3.8) is 0 Å². The molecule has 0 spiro atoms. The lowest BCUT2D eigenvalue weighted by Gasteiger charge is -2.10. The summed E-state index contributed by atoms with van der Waals surface area (Å²) in [7, 11) is 0. The summed E-state index contributed by atoms with van der Waals surface area (Å²) in [5.41, 5.74) is 6.68. The van der Waals surface area contributed by atoms with Gasteiger partial charge in [-0.05, 0) is 25.0 Å². The highest BCUT2D eigenvalue weighted by atomic mass is 16.5. The Kier molecular flexibility index (Phi) is 2.98. The number of para-hydroxylation sites is 1. The second kappa shape index (κ2) is 4.78. The van der Waals surface area contributed by atoms with E-state index >= 15 is 0 Å². The molecule has 1 aromatic heterocycles. The van der Waals surface area contributed by atoms with Crippen LogP contribution in [0, 0.1) is 0 Å². The van der Waals surface area contributed by atoms with Gasteiger partial charge in [-0.1, -0.05) is 12.1 Å². The predicted molar refractivity (Wildman–Crippen MR) is 68.4 cm³/mol. The Bertz CT molecular complexity index is 553. The standard InChI is InChI=1S/C13H15N3O2/c14-12-10-5-1-2-6-11(10)15-13(16-12)18-8-9-4-3-7-17-9/h1-2,5-6,9H,3-4,7-8H2,(H2,14,15,16)/t9-/m0/s1. The zero-order chi connectivity index (χ0) is 12.4. The first kappa shape index (κ1) is 11.2. The van der Waals surface area contributed by atoms with E-state index in [1.54, 1.807) is 0 Å². The number of ether oxygens (including phenoxy) is 2. The van der Waals surface area contributed by atoms with Crippen LogP contribution in [0.3, 0.4) is 0 Å². The number of fused-ring (bicyclic) bond motifs is 1. The van der Waals surface area contributed by atoms with E-state index < -0.39 is 0 Å². The summed E-state index contributed by atoms with van der Waals surface area (Å²) >= 11 is 0. The normalized spacial score (nSPS) is 19.2. The number of rotatable bonds is 3. The second-order valence-corrected chi connectivity index (χ2v) is 4.35. The molecule has 3 rings (SSSR count). The van der Waals surface area contributed by atoms with Crippen molar-refractivity contribution in [1.82, 2.24) is 9.97 Å². The highest BCUT2D eigenvalue weighted by molar-refractivity contribution is 5.87. The fourth-order valence-electron chi connectivity index (χ4n) is 2.09. The van der Waals surface area contributed by atoms with E-state index in [1.807, 2.05) is 24.3 Å². The van der Waals surface area contributed by atoms with Gasteiger partial charge in [0.15, 0.2) is 0 Å². The molecule has 1 aliphatic rings. The zero-order valence-electron chi connectivity index (χ0n) is 10.0. The molecule has 1 atom stereocenters. The molecule has 0 aliphatic carbocycles. The fraction of sp³-hybridized carbons (Fsp3) is 0.385. The molecule has 0 unspecified atom stereocenters. The monoisotopic (exact) mass is 245 g/mol. The van der Waals surface area contributed by atoms with Crippen molar-refractivity contribution in [2.75, 3.05) is 18.9 Å². The molecule has 94 valence electrons. The minimum Gasteiger partial charge on any atom is -0.461 e. The van der Waals surface area contributed by atoms with Gasteiger partial charge in [-0.2, -0.15) is 9.97 Å². The lowest BCUT2D eigenvalue weighted by Crippen LogP contribution is -2.17. The van der Waals surface area contributed by atoms with Crippen LogP contribution < -0.4 is 10.5 Å². The van der Waals surface area contributed by atoms with E-state index in [1.165, 1.54) is 0 Å². The summed E-state index contributed by atoms with van der Waals surface area (Å²) in [5.74, 6) is 0.447. The van der Waals surface area contributed by atoms with Crippen LogP contribution >= 0.6 is 0 Å². The molecule has 5 heteroatoms. The van der Waals surface area contributed by atoms with Crippen LogP contribution in [-0.2, 0) is 4.74 Å². The molecule has 0 radical (unpaired) electrons. The summed E-state index contributed by atoms with van der Waals surface area (Å²) < 4.78 is 11.0.